The Balaban J connectivity index is 1.56. The quantitative estimate of drug-likeness (QED) is 0.102. The molecule has 0 aromatic heterocycles. The summed E-state index contributed by atoms with van der Waals surface area (Å²) in [6.07, 6.45) is 3.40. The molecule has 2 amide bonds. The lowest BCUT2D eigenvalue weighted by Crippen LogP contribution is -2.35. The number of halogens is 2. The minimum atomic E-state index is -0.359. The van der Waals surface area contributed by atoms with Gasteiger partial charge in [-0.05, 0) is 66.8 Å². The molecule has 0 bridgehead atoms. The van der Waals surface area contributed by atoms with Gasteiger partial charge in [-0.2, -0.15) is 0 Å². The van der Waals surface area contributed by atoms with Crippen molar-refractivity contribution in [3.05, 3.63) is 88.5 Å². The van der Waals surface area contributed by atoms with E-state index in [2.05, 4.69) is 60.7 Å². The minimum Gasteiger partial charge on any atom is -0.495 e. The fourth-order valence-corrected chi connectivity index (χ4v) is 5.31. The molecule has 9 heteroatoms. The van der Waals surface area contributed by atoms with Crippen molar-refractivity contribution in [3.63, 3.8) is 0 Å². The van der Waals surface area contributed by atoms with Crippen molar-refractivity contribution >= 4 is 74.2 Å². The highest BCUT2D eigenvalue weighted by Gasteiger charge is 2.21. The first-order valence-electron chi connectivity index (χ1n) is 12.4. The van der Waals surface area contributed by atoms with Crippen LogP contribution in [0.4, 0.5) is 11.4 Å². The summed E-state index contributed by atoms with van der Waals surface area (Å²) in [5.74, 6) is 0.208. The minimum absolute atomic E-state index is 0.317. The number of carbonyl (C=O) groups is 2. The van der Waals surface area contributed by atoms with Gasteiger partial charge in [-0.15, -0.1) is 0 Å². The second-order valence-corrected chi connectivity index (χ2v) is 10.6. The molecule has 0 radical (unpaired) electrons. The zero-order valence-electron chi connectivity index (χ0n) is 21.2. The van der Waals surface area contributed by atoms with Crippen molar-refractivity contribution in [1.82, 2.24) is 4.90 Å². The number of rotatable bonds is 8. The van der Waals surface area contributed by atoms with E-state index in [0.29, 0.717) is 38.5 Å². The van der Waals surface area contributed by atoms with Crippen LogP contribution in [0, 0.1) is 5.41 Å². The molecule has 38 heavy (non-hydrogen) atoms. The molecule has 1 aliphatic rings. The van der Waals surface area contributed by atoms with Crippen LogP contribution in [0.25, 0.3) is 0 Å². The number of nitrogens with one attached hydrogen (secondary N) is 3. The number of ether oxygens (including phenoxy) is 1. The molecule has 198 valence electrons. The summed E-state index contributed by atoms with van der Waals surface area (Å²) in [5.41, 5.74) is 4.60. The predicted octanol–water partition coefficient (Wildman–Crippen LogP) is 6.88. The number of alkyl halides is 2. The molecule has 3 N–H and O–H groups in total. The number of carbonyl (C=O) groups excluding carboxylic acids is 2. The average molecular weight is 736 g/mol. The van der Waals surface area contributed by atoms with Crippen molar-refractivity contribution in [2.75, 3.05) is 30.8 Å². The third-order valence-corrected chi connectivity index (χ3v) is 8.24. The highest BCUT2D eigenvalue weighted by Crippen LogP contribution is 2.33. The molecule has 1 fully saturated rings. The lowest BCUT2D eigenvalue weighted by atomic mass is 10.0. The molecule has 1 heterocycles. The first kappa shape index (κ1) is 28.3. The normalized spacial score (nSPS) is 13.1. The Hall–Kier alpha value is -2.67. The van der Waals surface area contributed by atoms with Crippen LogP contribution in [0.5, 0.6) is 5.75 Å². The molecule has 1 saturated heterocycles. The highest BCUT2D eigenvalue weighted by molar-refractivity contribution is 14.1. The molecule has 0 saturated carbocycles. The van der Waals surface area contributed by atoms with E-state index in [1.165, 1.54) is 19.1 Å². The molecular formula is C29H30I2N4O3. The van der Waals surface area contributed by atoms with Gasteiger partial charge in [0.25, 0.3) is 11.8 Å². The van der Waals surface area contributed by atoms with Gasteiger partial charge in [0.1, 0.15) is 11.6 Å². The van der Waals surface area contributed by atoms with Crippen LogP contribution in [0.1, 0.15) is 56.7 Å². The number of hydrogen-bond donors (Lipinski definition) is 3. The number of anilines is 2. The summed E-state index contributed by atoms with van der Waals surface area (Å²) in [6, 6.07) is 18.3. The summed E-state index contributed by atoms with van der Waals surface area (Å²) in [7, 11) is 1.52. The van der Waals surface area contributed by atoms with Crippen LogP contribution in [0.15, 0.2) is 60.7 Å². The largest absolute Gasteiger partial charge is 0.495 e. The molecule has 0 unspecified atom stereocenters. The number of hydrogen-bond acceptors (Lipinski definition) is 4. The summed E-state index contributed by atoms with van der Waals surface area (Å²) in [6.45, 7) is 1.78. The second-order valence-electron chi connectivity index (χ2n) is 9.07. The van der Waals surface area contributed by atoms with Gasteiger partial charge in [0, 0.05) is 38.8 Å². The molecule has 3 aromatic rings. The summed E-state index contributed by atoms with van der Waals surface area (Å²) < 4.78 is 7.15. The molecular weight excluding hydrogens is 706 g/mol. The topological polar surface area (TPSA) is 94.5 Å². The maximum absolute atomic E-state index is 13.4. The number of piperidine rings is 1. The predicted molar refractivity (Wildman–Crippen MR) is 169 cm³/mol. The zero-order valence-corrected chi connectivity index (χ0v) is 25.5. The third kappa shape index (κ3) is 6.85. The van der Waals surface area contributed by atoms with Crippen molar-refractivity contribution < 1.29 is 14.3 Å². The number of likely N-dealkylation sites (tertiary alicyclic amines) is 1. The Morgan fingerprint density at radius 1 is 0.842 bits per heavy atom. The van der Waals surface area contributed by atoms with Gasteiger partial charge in [-0.25, -0.2) is 0 Å². The van der Waals surface area contributed by atoms with Crippen molar-refractivity contribution in [3.8, 4) is 5.75 Å². The smallest absolute Gasteiger partial charge is 0.257 e. The van der Waals surface area contributed by atoms with Gasteiger partial charge in [0.05, 0.1) is 18.4 Å². The molecule has 0 atom stereocenters. The lowest BCUT2D eigenvalue weighted by molar-refractivity contribution is 0.102. The maximum atomic E-state index is 13.4. The Kier molecular flexibility index (Phi) is 10.0. The van der Waals surface area contributed by atoms with Gasteiger partial charge >= 0.3 is 0 Å². The fourth-order valence-electron chi connectivity index (χ4n) is 4.36. The van der Waals surface area contributed by atoms with E-state index < -0.39 is 0 Å². The number of nitrogens with zero attached hydrogens (tertiary/aromatic N) is 1. The van der Waals surface area contributed by atoms with Gasteiger partial charge in [-0.1, -0.05) is 69.4 Å². The van der Waals surface area contributed by atoms with E-state index in [1.807, 2.05) is 30.3 Å². The molecule has 3 aromatic carbocycles. The van der Waals surface area contributed by atoms with Crippen LogP contribution >= 0.6 is 45.2 Å². The standard InChI is InChI=1S/C29H30I2N4O3/c1-38-25-16-20(18-31)15-24(29(37)33-23-11-5-19(17-30)6-12-23)26(25)34-28(36)22-9-7-21(8-10-22)27(32)35-13-3-2-4-14-35/h5-12,15-16,32H,2-4,13-14,17-18H2,1H3,(H,33,37)(H,34,36). The van der Waals surface area contributed by atoms with Crippen LogP contribution < -0.4 is 15.4 Å². The van der Waals surface area contributed by atoms with Crippen molar-refractivity contribution in [1.29, 1.82) is 5.41 Å². The second kappa shape index (κ2) is 13.4. The van der Waals surface area contributed by atoms with Crippen LogP contribution in [0.3, 0.4) is 0 Å². The molecule has 0 aliphatic carbocycles. The lowest BCUT2D eigenvalue weighted by Gasteiger charge is -2.29. The SMILES string of the molecule is COc1cc(CI)cc(C(=O)Nc2ccc(CI)cc2)c1NC(=O)c1ccc(C(=N)N2CCCCC2)cc1. The van der Waals surface area contributed by atoms with Gasteiger partial charge in [0.2, 0.25) is 0 Å². The van der Waals surface area contributed by atoms with E-state index in [-0.39, 0.29) is 11.8 Å². The van der Waals surface area contributed by atoms with Crippen LogP contribution in [-0.4, -0.2) is 42.7 Å². The van der Waals surface area contributed by atoms with Crippen molar-refractivity contribution in [2.45, 2.75) is 28.1 Å². The molecule has 1 aliphatic heterocycles. The average Bonchev–Trinajstić information content (AvgIpc) is 2.97. The van der Waals surface area contributed by atoms with Crippen molar-refractivity contribution in [2.24, 2.45) is 0 Å². The van der Waals surface area contributed by atoms with E-state index >= 15 is 0 Å². The Morgan fingerprint density at radius 2 is 1.47 bits per heavy atom. The van der Waals surface area contributed by atoms with Gasteiger partial charge < -0.3 is 20.3 Å². The Labute approximate surface area is 250 Å². The van der Waals surface area contributed by atoms with Crippen LogP contribution in [-0.2, 0) is 8.86 Å². The van der Waals surface area contributed by atoms with E-state index in [0.717, 1.165) is 41.5 Å². The number of amides is 2. The third-order valence-electron chi connectivity index (χ3n) is 6.48. The summed E-state index contributed by atoms with van der Waals surface area (Å²) in [5, 5.41) is 14.4. The molecule has 7 nitrogen and oxygen atoms in total. The Bertz CT molecular complexity index is 1300. The van der Waals surface area contributed by atoms with E-state index in [9.17, 15) is 9.59 Å². The summed E-state index contributed by atoms with van der Waals surface area (Å²) >= 11 is 4.53. The number of methoxy groups -OCH3 is 1. The van der Waals surface area contributed by atoms with E-state index in [1.54, 1.807) is 30.3 Å². The maximum Gasteiger partial charge on any atom is 0.257 e. The van der Waals surface area contributed by atoms with Gasteiger partial charge in [0.15, 0.2) is 0 Å². The highest BCUT2D eigenvalue weighted by atomic mass is 127. The van der Waals surface area contributed by atoms with Crippen LogP contribution in [0.2, 0.25) is 0 Å². The zero-order chi connectivity index (χ0) is 27.1. The first-order valence-corrected chi connectivity index (χ1v) is 15.5. The van der Waals surface area contributed by atoms with Gasteiger partial charge in [-0.3, -0.25) is 15.0 Å². The fraction of sp³-hybridized carbons (Fsp3) is 0.276. The van der Waals surface area contributed by atoms with E-state index in [4.69, 9.17) is 10.1 Å². The number of amidine groups is 1. The summed E-state index contributed by atoms with van der Waals surface area (Å²) in [4.78, 5) is 28.7. The number of benzene rings is 3. The first-order chi connectivity index (χ1) is 18.4. The molecule has 0 spiro atoms. The molecule has 4 rings (SSSR count). The monoisotopic (exact) mass is 736 g/mol. The Morgan fingerprint density at radius 3 is 2.08 bits per heavy atom.